The van der Waals surface area contributed by atoms with Crippen LogP contribution in [0.15, 0.2) is 58.2 Å². The van der Waals surface area contributed by atoms with Crippen LogP contribution < -0.4 is 5.32 Å². The van der Waals surface area contributed by atoms with Gasteiger partial charge in [-0.25, -0.2) is 0 Å². The topological polar surface area (TPSA) is 59.8 Å². The Morgan fingerprint density at radius 3 is 2.64 bits per heavy atom. The Kier molecular flexibility index (Phi) is 5.78. The lowest BCUT2D eigenvalue weighted by Crippen LogP contribution is -2.14. The quantitative estimate of drug-likeness (QED) is 0.591. The molecule has 0 aliphatic carbocycles. The maximum atomic E-state index is 12.1. The van der Waals surface area contributed by atoms with Crippen molar-refractivity contribution in [1.29, 1.82) is 0 Å². The third kappa shape index (κ3) is 4.42. The van der Waals surface area contributed by atoms with Crippen molar-refractivity contribution >= 4 is 50.9 Å². The predicted molar refractivity (Wildman–Crippen MR) is 105 cm³/mol. The van der Waals surface area contributed by atoms with Crippen LogP contribution in [0.1, 0.15) is 0 Å². The summed E-state index contributed by atoms with van der Waals surface area (Å²) in [7, 11) is 1.88. The molecule has 0 atom stereocenters. The normalized spacial score (nSPS) is 10.7. The van der Waals surface area contributed by atoms with Crippen molar-refractivity contribution in [1.82, 2.24) is 14.8 Å². The lowest BCUT2D eigenvalue weighted by atomic mass is 10.2. The third-order valence-electron chi connectivity index (χ3n) is 3.42. The number of aromatic nitrogens is 3. The Balaban J connectivity index is 1.65. The Morgan fingerprint density at radius 1 is 1.20 bits per heavy atom. The second kappa shape index (κ2) is 8.03. The van der Waals surface area contributed by atoms with Crippen molar-refractivity contribution in [2.75, 3.05) is 11.1 Å². The number of halogens is 2. The number of anilines is 1. The SMILES string of the molecule is Cn1c(SCC(=O)Nc2ccccc2Cl)nnc1-c1ccc(Br)cc1. The molecule has 0 aliphatic rings. The molecule has 5 nitrogen and oxygen atoms in total. The zero-order valence-corrected chi connectivity index (χ0v) is 16.4. The molecular weight excluding hydrogens is 424 g/mol. The van der Waals surface area contributed by atoms with Gasteiger partial charge in [0.05, 0.1) is 16.5 Å². The van der Waals surface area contributed by atoms with Gasteiger partial charge in [0.15, 0.2) is 11.0 Å². The number of carbonyl (C=O) groups excluding carboxylic acids is 1. The van der Waals surface area contributed by atoms with Crippen LogP contribution in [-0.2, 0) is 11.8 Å². The van der Waals surface area contributed by atoms with Crippen molar-refractivity contribution in [3.8, 4) is 11.4 Å². The molecule has 0 bridgehead atoms. The zero-order chi connectivity index (χ0) is 17.8. The largest absolute Gasteiger partial charge is 0.324 e. The van der Waals surface area contributed by atoms with Crippen molar-refractivity contribution in [3.63, 3.8) is 0 Å². The number of carbonyl (C=O) groups is 1. The first-order valence-corrected chi connectivity index (χ1v) is 9.53. The third-order valence-corrected chi connectivity index (χ3v) is 5.30. The van der Waals surface area contributed by atoms with Crippen LogP contribution in [0.25, 0.3) is 11.4 Å². The van der Waals surface area contributed by atoms with Gasteiger partial charge >= 0.3 is 0 Å². The lowest BCUT2D eigenvalue weighted by molar-refractivity contribution is -0.113. The number of nitrogens with zero attached hydrogens (tertiary/aromatic N) is 3. The van der Waals surface area contributed by atoms with E-state index < -0.39 is 0 Å². The predicted octanol–water partition coefficient (Wildman–Crippen LogP) is 4.63. The van der Waals surface area contributed by atoms with Crippen molar-refractivity contribution < 1.29 is 4.79 Å². The first-order valence-electron chi connectivity index (χ1n) is 7.37. The molecule has 0 saturated heterocycles. The van der Waals surface area contributed by atoms with Gasteiger partial charge in [0.25, 0.3) is 0 Å². The Labute approximate surface area is 162 Å². The molecule has 1 N–H and O–H groups in total. The maximum absolute atomic E-state index is 12.1. The molecule has 0 radical (unpaired) electrons. The van der Waals surface area contributed by atoms with Crippen LogP contribution in [0, 0.1) is 0 Å². The summed E-state index contributed by atoms with van der Waals surface area (Å²) >= 11 is 10.8. The fourth-order valence-electron chi connectivity index (χ4n) is 2.17. The molecule has 3 rings (SSSR count). The van der Waals surface area contributed by atoms with Crippen molar-refractivity contribution in [3.05, 3.63) is 58.0 Å². The minimum atomic E-state index is -0.147. The smallest absolute Gasteiger partial charge is 0.234 e. The number of nitrogens with one attached hydrogen (secondary N) is 1. The number of rotatable bonds is 5. The monoisotopic (exact) mass is 436 g/mol. The van der Waals surface area contributed by atoms with Gasteiger partial charge in [0.2, 0.25) is 5.91 Å². The average molecular weight is 438 g/mol. The molecular formula is C17H14BrClN4OS. The summed E-state index contributed by atoms with van der Waals surface area (Å²) in [4.78, 5) is 12.1. The highest BCUT2D eigenvalue weighted by molar-refractivity contribution is 9.10. The summed E-state index contributed by atoms with van der Waals surface area (Å²) < 4.78 is 2.88. The van der Waals surface area contributed by atoms with Crippen LogP contribution in [0.3, 0.4) is 0 Å². The summed E-state index contributed by atoms with van der Waals surface area (Å²) in [5, 5.41) is 12.4. The Morgan fingerprint density at radius 2 is 1.92 bits per heavy atom. The van der Waals surface area contributed by atoms with Crippen molar-refractivity contribution in [2.45, 2.75) is 5.16 Å². The molecule has 1 aromatic heterocycles. The Bertz CT molecular complexity index is 898. The summed E-state index contributed by atoms with van der Waals surface area (Å²) in [5.41, 5.74) is 1.56. The van der Waals surface area contributed by atoms with E-state index in [1.54, 1.807) is 12.1 Å². The second-order valence-corrected chi connectivity index (χ2v) is 7.45. The van der Waals surface area contributed by atoms with Gasteiger partial charge in [-0.1, -0.05) is 63.6 Å². The van der Waals surface area contributed by atoms with E-state index in [0.29, 0.717) is 15.9 Å². The average Bonchev–Trinajstić information content (AvgIpc) is 2.97. The first-order chi connectivity index (χ1) is 12.0. The number of benzene rings is 2. The summed E-state index contributed by atoms with van der Waals surface area (Å²) in [6.07, 6.45) is 0. The fraction of sp³-hybridized carbons (Fsp3) is 0.118. The van der Waals surface area contributed by atoms with Crippen LogP contribution in [0.5, 0.6) is 0 Å². The van der Waals surface area contributed by atoms with E-state index in [9.17, 15) is 4.79 Å². The summed E-state index contributed by atoms with van der Waals surface area (Å²) in [5.74, 6) is 0.824. The number of thioether (sulfide) groups is 1. The molecule has 1 heterocycles. The first kappa shape index (κ1) is 18.0. The van der Waals surface area contributed by atoms with E-state index in [2.05, 4.69) is 31.4 Å². The highest BCUT2D eigenvalue weighted by atomic mass is 79.9. The van der Waals surface area contributed by atoms with Gasteiger partial charge < -0.3 is 9.88 Å². The highest BCUT2D eigenvalue weighted by Gasteiger charge is 2.13. The number of hydrogen-bond donors (Lipinski definition) is 1. The maximum Gasteiger partial charge on any atom is 0.234 e. The van der Waals surface area contributed by atoms with Crippen LogP contribution in [0.2, 0.25) is 5.02 Å². The van der Waals surface area contributed by atoms with Gasteiger partial charge in [-0.2, -0.15) is 0 Å². The zero-order valence-electron chi connectivity index (χ0n) is 13.2. The van der Waals surface area contributed by atoms with E-state index >= 15 is 0 Å². The fourth-order valence-corrected chi connectivity index (χ4v) is 3.33. The lowest BCUT2D eigenvalue weighted by Gasteiger charge is -2.07. The van der Waals surface area contributed by atoms with Crippen molar-refractivity contribution in [2.24, 2.45) is 7.05 Å². The molecule has 8 heteroatoms. The second-order valence-electron chi connectivity index (χ2n) is 5.19. The standard InChI is InChI=1S/C17H14BrClN4OS/c1-23-16(11-6-8-12(18)9-7-11)21-22-17(23)25-10-15(24)20-14-5-3-2-4-13(14)19/h2-9H,10H2,1H3,(H,20,24). The highest BCUT2D eigenvalue weighted by Crippen LogP contribution is 2.25. The summed E-state index contributed by atoms with van der Waals surface area (Å²) in [6, 6.07) is 15.0. The van der Waals surface area contributed by atoms with Gasteiger partial charge in [-0.05, 0) is 24.3 Å². The van der Waals surface area contributed by atoms with Gasteiger partial charge in [0.1, 0.15) is 0 Å². The minimum absolute atomic E-state index is 0.147. The molecule has 128 valence electrons. The van der Waals surface area contributed by atoms with Gasteiger partial charge in [0, 0.05) is 17.1 Å². The molecule has 0 fully saturated rings. The van der Waals surface area contributed by atoms with Gasteiger partial charge in [-0.15, -0.1) is 10.2 Å². The van der Waals surface area contributed by atoms with E-state index in [4.69, 9.17) is 11.6 Å². The summed E-state index contributed by atoms with van der Waals surface area (Å²) in [6.45, 7) is 0. The molecule has 3 aromatic rings. The van der Waals surface area contributed by atoms with Gasteiger partial charge in [-0.3, -0.25) is 4.79 Å². The van der Waals surface area contributed by atoms with Crippen LogP contribution in [0.4, 0.5) is 5.69 Å². The molecule has 1 amide bonds. The molecule has 0 unspecified atom stereocenters. The van der Waals surface area contributed by atoms with Crippen LogP contribution >= 0.6 is 39.3 Å². The minimum Gasteiger partial charge on any atom is -0.324 e. The molecule has 0 aliphatic heterocycles. The molecule has 0 saturated carbocycles. The number of hydrogen-bond acceptors (Lipinski definition) is 4. The molecule has 2 aromatic carbocycles. The Hall–Kier alpha value is -1.83. The molecule has 0 spiro atoms. The van der Waals surface area contributed by atoms with E-state index in [1.165, 1.54) is 11.8 Å². The number of para-hydroxylation sites is 1. The van der Waals surface area contributed by atoms with Crippen LogP contribution in [-0.4, -0.2) is 26.4 Å². The number of amides is 1. The van der Waals surface area contributed by atoms with E-state index in [1.807, 2.05) is 48.0 Å². The van der Waals surface area contributed by atoms with E-state index in [-0.39, 0.29) is 11.7 Å². The van der Waals surface area contributed by atoms with E-state index in [0.717, 1.165) is 15.9 Å². The molecule has 25 heavy (non-hydrogen) atoms.